The first kappa shape index (κ1) is 15.3. The second kappa shape index (κ2) is 6.98. The lowest BCUT2D eigenvalue weighted by atomic mass is 10.1. The van der Waals surface area contributed by atoms with Gasteiger partial charge in [0.05, 0.1) is 10.6 Å². The summed E-state index contributed by atoms with van der Waals surface area (Å²) in [5, 5.41) is 3.83. The lowest BCUT2D eigenvalue weighted by molar-refractivity contribution is 0.0708. The van der Waals surface area contributed by atoms with Crippen LogP contribution in [0.3, 0.4) is 0 Å². The molecule has 1 aliphatic rings. The number of halogens is 2. The van der Waals surface area contributed by atoms with Crippen molar-refractivity contribution in [1.82, 2.24) is 10.2 Å². The van der Waals surface area contributed by atoms with Crippen LogP contribution >= 0.6 is 24.0 Å². The van der Waals surface area contributed by atoms with Gasteiger partial charge in [-0.1, -0.05) is 23.7 Å². The maximum atomic E-state index is 12.3. The van der Waals surface area contributed by atoms with Crippen molar-refractivity contribution in [1.29, 1.82) is 0 Å². The van der Waals surface area contributed by atoms with Gasteiger partial charge in [-0.25, -0.2) is 0 Å². The first-order valence-electron chi connectivity index (χ1n) is 5.92. The van der Waals surface area contributed by atoms with E-state index in [4.69, 9.17) is 11.6 Å². The van der Waals surface area contributed by atoms with Gasteiger partial charge in [0.15, 0.2) is 0 Å². The number of hydrogen-bond acceptors (Lipinski definition) is 2. The Hall–Kier alpha value is -0.770. The zero-order chi connectivity index (χ0) is 12.3. The molecule has 0 saturated carbocycles. The highest BCUT2D eigenvalue weighted by Crippen LogP contribution is 2.19. The van der Waals surface area contributed by atoms with Crippen LogP contribution in [-0.4, -0.2) is 37.0 Å². The minimum atomic E-state index is 0. The Morgan fingerprint density at radius 2 is 2.17 bits per heavy atom. The second-order valence-electron chi connectivity index (χ2n) is 4.40. The van der Waals surface area contributed by atoms with E-state index in [1.54, 1.807) is 17.0 Å². The number of likely N-dealkylation sites (N-methyl/N-ethyl adjacent to an activating group) is 1. The number of carbonyl (C=O) groups is 1. The first-order valence-corrected chi connectivity index (χ1v) is 6.30. The number of hydrogen-bond donors (Lipinski definition) is 1. The molecular weight excluding hydrogens is 271 g/mol. The Morgan fingerprint density at radius 1 is 1.44 bits per heavy atom. The van der Waals surface area contributed by atoms with Gasteiger partial charge in [0, 0.05) is 19.6 Å². The Morgan fingerprint density at radius 3 is 2.78 bits per heavy atom. The van der Waals surface area contributed by atoms with E-state index in [2.05, 4.69) is 5.32 Å². The van der Waals surface area contributed by atoms with Gasteiger partial charge in [0.2, 0.25) is 0 Å². The number of benzene rings is 1. The minimum absolute atomic E-state index is 0. The molecule has 1 atom stereocenters. The molecule has 0 spiro atoms. The van der Waals surface area contributed by atoms with Crippen LogP contribution in [0.2, 0.25) is 5.02 Å². The fraction of sp³-hybridized carbons (Fsp3) is 0.462. The molecular formula is C13H18Cl2N2O. The highest BCUT2D eigenvalue weighted by atomic mass is 35.5. The van der Waals surface area contributed by atoms with E-state index in [0.29, 0.717) is 10.6 Å². The lowest BCUT2D eigenvalue weighted by Gasteiger charge is -2.31. The number of nitrogens with zero attached hydrogens (tertiary/aromatic N) is 1. The largest absolute Gasteiger partial charge is 0.337 e. The summed E-state index contributed by atoms with van der Waals surface area (Å²) in [6.07, 6.45) is 2.17. The van der Waals surface area contributed by atoms with Crippen molar-refractivity contribution < 1.29 is 4.79 Å². The van der Waals surface area contributed by atoms with E-state index >= 15 is 0 Å². The van der Waals surface area contributed by atoms with Crippen LogP contribution < -0.4 is 5.32 Å². The minimum Gasteiger partial charge on any atom is -0.337 e. The molecule has 3 nitrogen and oxygen atoms in total. The Labute approximate surface area is 119 Å². The average Bonchev–Trinajstić information content (AvgIpc) is 2.39. The third-order valence-electron chi connectivity index (χ3n) is 3.24. The molecule has 1 N–H and O–H groups in total. The maximum absolute atomic E-state index is 12.3. The molecule has 5 heteroatoms. The van der Waals surface area contributed by atoms with Crippen molar-refractivity contribution in [3.8, 4) is 0 Å². The van der Waals surface area contributed by atoms with Crippen LogP contribution in [0, 0.1) is 0 Å². The SMILES string of the molecule is CN(C(=O)c1ccccc1Cl)[C@H]1CCCNC1.Cl. The molecule has 0 radical (unpaired) electrons. The number of nitrogens with one attached hydrogen (secondary N) is 1. The number of carbonyl (C=O) groups excluding carboxylic acids is 1. The molecule has 2 rings (SSSR count). The zero-order valence-electron chi connectivity index (χ0n) is 10.4. The molecule has 1 aromatic rings. The highest BCUT2D eigenvalue weighted by molar-refractivity contribution is 6.33. The molecule has 1 aliphatic heterocycles. The van der Waals surface area contributed by atoms with Crippen LogP contribution in [0.25, 0.3) is 0 Å². The van der Waals surface area contributed by atoms with Crippen molar-refractivity contribution in [3.05, 3.63) is 34.9 Å². The topological polar surface area (TPSA) is 32.3 Å². The normalized spacial score (nSPS) is 18.9. The van der Waals surface area contributed by atoms with Gasteiger partial charge in [-0.05, 0) is 31.5 Å². The van der Waals surface area contributed by atoms with Crippen LogP contribution in [0.5, 0.6) is 0 Å². The molecule has 18 heavy (non-hydrogen) atoms. The van der Waals surface area contributed by atoms with Crippen molar-refractivity contribution in [3.63, 3.8) is 0 Å². The summed E-state index contributed by atoms with van der Waals surface area (Å²) in [5.74, 6) is 0.00398. The van der Waals surface area contributed by atoms with E-state index in [1.807, 2.05) is 19.2 Å². The van der Waals surface area contributed by atoms with Gasteiger partial charge < -0.3 is 10.2 Å². The summed E-state index contributed by atoms with van der Waals surface area (Å²) in [4.78, 5) is 14.1. The predicted octanol–water partition coefficient (Wildman–Crippen LogP) is 2.59. The fourth-order valence-electron chi connectivity index (χ4n) is 2.15. The fourth-order valence-corrected chi connectivity index (χ4v) is 2.37. The second-order valence-corrected chi connectivity index (χ2v) is 4.80. The highest BCUT2D eigenvalue weighted by Gasteiger charge is 2.23. The maximum Gasteiger partial charge on any atom is 0.255 e. The van der Waals surface area contributed by atoms with Crippen molar-refractivity contribution >= 4 is 29.9 Å². The molecule has 1 amide bonds. The zero-order valence-corrected chi connectivity index (χ0v) is 11.9. The van der Waals surface area contributed by atoms with E-state index < -0.39 is 0 Å². The van der Waals surface area contributed by atoms with E-state index in [9.17, 15) is 4.79 Å². The van der Waals surface area contributed by atoms with Crippen LogP contribution in [-0.2, 0) is 0 Å². The molecule has 0 aromatic heterocycles. The van der Waals surface area contributed by atoms with Gasteiger partial charge in [0.25, 0.3) is 5.91 Å². The Bertz CT molecular complexity index is 406. The quantitative estimate of drug-likeness (QED) is 0.907. The predicted molar refractivity (Wildman–Crippen MR) is 76.7 cm³/mol. The molecule has 0 aliphatic carbocycles. The van der Waals surface area contributed by atoms with E-state index in [0.717, 1.165) is 25.9 Å². The van der Waals surface area contributed by atoms with Gasteiger partial charge in [0.1, 0.15) is 0 Å². The van der Waals surface area contributed by atoms with Gasteiger partial charge in [-0.15, -0.1) is 12.4 Å². The van der Waals surface area contributed by atoms with Crippen LogP contribution in [0.4, 0.5) is 0 Å². The summed E-state index contributed by atoms with van der Waals surface area (Å²) in [6.45, 7) is 1.91. The van der Waals surface area contributed by atoms with E-state index in [-0.39, 0.29) is 24.4 Å². The van der Waals surface area contributed by atoms with Gasteiger partial charge >= 0.3 is 0 Å². The third-order valence-corrected chi connectivity index (χ3v) is 3.57. The number of amides is 1. The summed E-state index contributed by atoms with van der Waals surface area (Å²) in [6, 6.07) is 7.47. The monoisotopic (exact) mass is 288 g/mol. The van der Waals surface area contributed by atoms with E-state index in [1.165, 1.54) is 0 Å². The molecule has 1 heterocycles. The molecule has 1 aromatic carbocycles. The lowest BCUT2D eigenvalue weighted by Crippen LogP contribution is -2.46. The van der Waals surface area contributed by atoms with Crippen molar-refractivity contribution in [2.45, 2.75) is 18.9 Å². The summed E-state index contributed by atoms with van der Waals surface area (Å²) >= 11 is 6.04. The number of piperidine rings is 1. The summed E-state index contributed by atoms with van der Waals surface area (Å²) in [5.41, 5.74) is 0.585. The first-order chi connectivity index (χ1) is 8.20. The van der Waals surface area contributed by atoms with Crippen molar-refractivity contribution in [2.24, 2.45) is 0 Å². The standard InChI is InChI=1S/C13H17ClN2O.ClH/c1-16(10-5-4-8-15-9-10)13(17)11-6-2-3-7-12(11)14;/h2-3,6-7,10,15H,4-5,8-9H2,1H3;1H/t10-;/m0./s1. The van der Waals surface area contributed by atoms with Crippen molar-refractivity contribution in [2.75, 3.05) is 20.1 Å². The number of rotatable bonds is 2. The Balaban J connectivity index is 0.00000162. The van der Waals surface area contributed by atoms with Gasteiger partial charge in [-0.3, -0.25) is 4.79 Å². The third kappa shape index (κ3) is 3.37. The van der Waals surface area contributed by atoms with Gasteiger partial charge in [-0.2, -0.15) is 0 Å². The molecule has 0 unspecified atom stereocenters. The van der Waals surface area contributed by atoms with Crippen LogP contribution in [0.1, 0.15) is 23.2 Å². The summed E-state index contributed by atoms with van der Waals surface area (Å²) < 4.78 is 0. The average molecular weight is 289 g/mol. The Kier molecular flexibility index (Phi) is 5.93. The molecule has 0 bridgehead atoms. The smallest absolute Gasteiger partial charge is 0.255 e. The van der Waals surface area contributed by atoms with Crippen LogP contribution in [0.15, 0.2) is 24.3 Å². The summed E-state index contributed by atoms with van der Waals surface area (Å²) in [7, 11) is 1.85. The molecule has 1 saturated heterocycles. The molecule has 100 valence electrons. The molecule has 1 fully saturated rings.